The van der Waals surface area contributed by atoms with E-state index in [2.05, 4.69) is 50.0 Å². The minimum Gasteiger partial charge on any atom is -0.402 e. The van der Waals surface area contributed by atoms with Crippen LogP contribution in [0.2, 0.25) is 5.04 Å². The summed E-state index contributed by atoms with van der Waals surface area (Å²) in [6.07, 6.45) is -2.69. The van der Waals surface area contributed by atoms with Gasteiger partial charge >= 0.3 is 5.69 Å². The van der Waals surface area contributed by atoms with Gasteiger partial charge in [-0.1, -0.05) is 81.4 Å². The van der Waals surface area contributed by atoms with Crippen molar-refractivity contribution in [3.8, 4) is 0 Å². The van der Waals surface area contributed by atoms with E-state index in [9.17, 15) is 14.4 Å². The standard InChI is InChI=1S/C29H34N2O7Si/c1-28(2,3)39(20-12-8-6-9-13-20,21-14-10-7-11-15-21)35-18-19-16-23(33)30-27(34)31(19)26-25-24(22(17-32)36-26)37-29(4,5)38-25/h6-17,22,24-26H,18H2,1-5H3,(H,30,33,34)/t22-,24-,25-,26-/m1/s1. The molecule has 2 fully saturated rings. The Morgan fingerprint density at radius 3 is 2.08 bits per heavy atom. The smallest absolute Gasteiger partial charge is 0.330 e. The summed E-state index contributed by atoms with van der Waals surface area (Å²) in [5.74, 6) is -0.962. The van der Waals surface area contributed by atoms with Gasteiger partial charge in [-0.25, -0.2) is 4.79 Å². The molecule has 5 rings (SSSR count). The van der Waals surface area contributed by atoms with Crippen LogP contribution in [0.4, 0.5) is 0 Å². The molecule has 3 aromatic rings. The average molecular weight is 551 g/mol. The first kappa shape index (κ1) is 27.4. The minimum absolute atomic E-state index is 0.0420. The lowest BCUT2D eigenvalue weighted by molar-refractivity contribution is -0.195. The molecule has 3 heterocycles. The number of carbonyl (C=O) groups excluding carboxylic acids is 1. The Balaban J connectivity index is 1.61. The van der Waals surface area contributed by atoms with Crippen molar-refractivity contribution in [2.45, 2.75) is 76.6 Å². The second-order valence-corrected chi connectivity index (χ2v) is 15.7. The summed E-state index contributed by atoms with van der Waals surface area (Å²) in [5, 5.41) is 1.82. The van der Waals surface area contributed by atoms with Gasteiger partial charge in [-0.3, -0.25) is 14.3 Å². The molecule has 2 aliphatic heterocycles. The quantitative estimate of drug-likeness (QED) is 0.355. The highest BCUT2D eigenvalue weighted by atomic mass is 28.4. The summed E-state index contributed by atoms with van der Waals surface area (Å²) in [6.45, 7) is 9.89. The molecule has 0 amide bonds. The van der Waals surface area contributed by atoms with Gasteiger partial charge in [0.2, 0.25) is 0 Å². The highest BCUT2D eigenvalue weighted by Crippen LogP contribution is 2.43. The Labute approximate surface area is 227 Å². The molecule has 10 heteroatoms. The zero-order valence-electron chi connectivity index (χ0n) is 22.7. The Morgan fingerprint density at radius 2 is 1.54 bits per heavy atom. The van der Waals surface area contributed by atoms with Crippen LogP contribution in [-0.2, 0) is 30.0 Å². The van der Waals surface area contributed by atoms with Gasteiger partial charge in [-0.2, -0.15) is 0 Å². The van der Waals surface area contributed by atoms with Gasteiger partial charge in [-0.15, -0.1) is 0 Å². The number of nitrogens with one attached hydrogen (secondary N) is 1. The number of aromatic amines is 1. The number of fused-ring (bicyclic) bond motifs is 1. The van der Waals surface area contributed by atoms with E-state index in [4.69, 9.17) is 18.6 Å². The number of hydrogen-bond acceptors (Lipinski definition) is 7. The second kappa shape index (κ2) is 10.1. The summed E-state index contributed by atoms with van der Waals surface area (Å²) in [7, 11) is -2.98. The van der Waals surface area contributed by atoms with E-state index in [1.165, 1.54) is 10.6 Å². The molecule has 206 valence electrons. The van der Waals surface area contributed by atoms with Crippen molar-refractivity contribution in [2.24, 2.45) is 0 Å². The van der Waals surface area contributed by atoms with Gasteiger partial charge in [0.25, 0.3) is 13.9 Å². The second-order valence-electron chi connectivity index (χ2n) is 11.4. The topological polar surface area (TPSA) is 109 Å². The summed E-state index contributed by atoms with van der Waals surface area (Å²) in [4.78, 5) is 39.9. The van der Waals surface area contributed by atoms with E-state index in [-0.39, 0.29) is 11.6 Å². The molecular formula is C29H34N2O7Si. The van der Waals surface area contributed by atoms with Crippen molar-refractivity contribution in [3.05, 3.63) is 93.3 Å². The van der Waals surface area contributed by atoms with Gasteiger partial charge in [0.05, 0.1) is 12.3 Å². The van der Waals surface area contributed by atoms with Crippen LogP contribution in [0.3, 0.4) is 0 Å². The van der Waals surface area contributed by atoms with E-state index < -0.39 is 49.9 Å². The predicted molar refractivity (Wildman–Crippen MR) is 148 cm³/mol. The van der Waals surface area contributed by atoms with Gasteiger partial charge in [0, 0.05) is 6.07 Å². The molecule has 0 spiro atoms. The van der Waals surface area contributed by atoms with Gasteiger partial charge in [-0.05, 0) is 29.3 Å². The molecule has 2 aliphatic rings. The summed E-state index contributed by atoms with van der Waals surface area (Å²) in [5.41, 5.74) is -0.907. The minimum atomic E-state index is -2.98. The first-order valence-corrected chi connectivity index (χ1v) is 14.9. The van der Waals surface area contributed by atoms with Crippen LogP contribution in [0.15, 0.2) is 76.3 Å². The van der Waals surface area contributed by atoms with Gasteiger partial charge in [0.15, 0.2) is 18.3 Å². The molecule has 0 bridgehead atoms. The monoisotopic (exact) mass is 550 g/mol. The highest BCUT2D eigenvalue weighted by molar-refractivity contribution is 6.99. The van der Waals surface area contributed by atoms with Crippen molar-refractivity contribution in [3.63, 3.8) is 0 Å². The van der Waals surface area contributed by atoms with Crippen LogP contribution < -0.4 is 21.6 Å². The Hall–Kier alpha value is -3.15. The number of nitrogens with zero attached hydrogens (tertiary/aromatic N) is 1. The van der Waals surface area contributed by atoms with E-state index in [0.717, 1.165) is 10.4 Å². The third-order valence-electron chi connectivity index (χ3n) is 7.36. The predicted octanol–water partition coefficient (Wildman–Crippen LogP) is 2.23. The SMILES string of the molecule is CC1(C)O[C@@H]2[C@H](O1)[C@@H](C=O)O[C@H]2n1c(CO[Si](c2ccccc2)(c2ccccc2)C(C)(C)C)cc(=O)[nH]c1=O. The third-order valence-corrected chi connectivity index (χ3v) is 12.3. The summed E-state index contributed by atoms with van der Waals surface area (Å²) < 4.78 is 26.3. The lowest BCUT2D eigenvalue weighted by atomic mass is 10.1. The maximum atomic E-state index is 13.3. The molecule has 1 N–H and O–H groups in total. The van der Waals surface area contributed by atoms with Crippen molar-refractivity contribution in [1.29, 1.82) is 0 Å². The number of aldehydes is 1. The molecule has 0 aliphatic carbocycles. The number of hydrogen-bond donors (Lipinski definition) is 1. The highest BCUT2D eigenvalue weighted by Gasteiger charge is 2.57. The third kappa shape index (κ3) is 4.87. The summed E-state index contributed by atoms with van der Waals surface area (Å²) >= 11 is 0. The maximum Gasteiger partial charge on any atom is 0.330 e. The Bertz CT molecular complexity index is 1410. The van der Waals surface area contributed by atoms with Gasteiger partial charge in [0.1, 0.15) is 18.3 Å². The number of carbonyl (C=O) groups is 1. The zero-order chi connectivity index (χ0) is 28.0. The first-order chi connectivity index (χ1) is 18.5. The lowest BCUT2D eigenvalue weighted by Crippen LogP contribution is -2.66. The van der Waals surface area contributed by atoms with Crippen LogP contribution in [0, 0.1) is 0 Å². The molecule has 1 aromatic heterocycles. The number of benzene rings is 2. The van der Waals surface area contributed by atoms with Gasteiger partial charge < -0.3 is 23.4 Å². The molecule has 4 atom stereocenters. The fourth-order valence-electron chi connectivity index (χ4n) is 5.81. The number of ether oxygens (including phenoxy) is 3. The molecule has 0 radical (unpaired) electrons. The van der Waals surface area contributed by atoms with Crippen LogP contribution in [-0.4, -0.2) is 48.3 Å². The lowest BCUT2D eigenvalue weighted by Gasteiger charge is -2.43. The maximum absolute atomic E-state index is 13.3. The van der Waals surface area contributed by atoms with E-state index in [1.807, 2.05) is 36.4 Å². The molecule has 2 aromatic carbocycles. The number of H-pyrrole nitrogens is 1. The van der Waals surface area contributed by atoms with Crippen molar-refractivity contribution in [1.82, 2.24) is 9.55 Å². The van der Waals surface area contributed by atoms with Crippen molar-refractivity contribution >= 4 is 25.0 Å². The Kier molecular flexibility index (Phi) is 7.10. The van der Waals surface area contributed by atoms with E-state index >= 15 is 0 Å². The van der Waals surface area contributed by atoms with Crippen molar-refractivity contribution in [2.75, 3.05) is 0 Å². The number of rotatable bonds is 7. The molecule has 39 heavy (non-hydrogen) atoms. The fraction of sp³-hybridized carbons (Fsp3) is 0.414. The first-order valence-electron chi connectivity index (χ1n) is 13.0. The van der Waals surface area contributed by atoms with Crippen molar-refractivity contribution < 1.29 is 23.4 Å². The van der Waals surface area contributed by atoms with Crippen LogP contribution in [0.5, 0.6) is 0 Å². The van der Waals surface area contributed by atoms with E-state index in [0.29, 0.717) is 12.0 Å². The summed E-state index contributed by atoms with van der Waals surface area (Å²) in [6, 6.07) is 21.5. The number of aromatic nitrogens is 2. The normalized spacial score (nSPS) is 24.4. The van der Waals surface area contributed by atoms with E-state index in [1.54, 1.807) is 13.8 Å². The molecule has 2 saturated heterocycles. The Morgan fingerprint density at radius 1 is 0.974 bits per heavy atom. The van der Waals surface area contributed by atoms with Crippen LogP contribution in [0.25, 0.3) is 0 Å². The van der Waals surface area contributed by atoms with Crippen LogP contribution >= 0.6 is 0 Å². The fourth-order valence-corrected chi connectivity index (χ4v) is 10.3. The zero-order valence-corrected chi connectivity index (χ0v) is 23.7. The molecular weight excluding hydrogens is 516 g/mol. The van der Waals surface area contributed by atoms with Crippen LogP contribution in [0.1, 0.15) is 46.5 Å². The average Bonchev–Trinajstić information content (AvgIpc) is 3.37. The largest absolute Gasteiger partial charge is 0.402 e. The molecule has 0 unspecified atom stereocenters. The molecule has 0 saturated carbocycles. The molecule has 9 nitrogen and oxygen atoms in total.